The fourth-order valence-electron chi connectivity index (χ4n) is 7.62. The molecule has 6 aromatic carbocycles. The van der Waals surface area contributed by atoms with Gasteiger partial charge in [0.2, 0.25) is 0 Å². The van der Waals surface area contributed by atoms with E-state index in [-0.39, 0.29) is 52.3 Å². The third kappa shape index (κ3) is 12.3. The highest BCUT2D eigenvalue weighted by Crippen LogP contribution is 2.40. The second kappa shape index (κ2) is 21.8. The Balaban J connectivity index is 0.000000214. The molecule has 3 N–H and O–H groups in total. The van der Waals surface area contributed by atoms with E-state index in [1.807, 2.05) is 0 Å². The molecule has 14 nitrogen and oxygen atoms in total. The van der Waals surface area contributed by atoms with Crippen LogP contribution in [-0.4, -0.2) is 82.9 Å². The number of aromatic carboxylic acids is 1. The number of carbonyl (C=O) groups is 2. The number of carboxylic acids is 1. The number of alkyl halides is 6. The Labute approximate surface area is 410 Å². The van der Waals surface area contributed by atoms with Gasteiger partial charge in [0.05, 0.1) is 67.7 Å². The number of methoxy groups -OCH3 is 3. The molecule has 0 radical (unpaired) electrons. The van der Waals surface area contributed by atoms with Gasteiger partial charge in [0.25, 0.3) is 0 Å². The Bertz CT molecular complexity index is 3320. The van der Waals surface area contributed by atoms with E-state index in [2.05, 4.69) is 20.6 Å². The van der Waals surface area contributed by atoms with E-state index in [0.717, 1.165) is 0 Å². The molecular weight excluding hydrogens is 977 g/mol. The summed E-state index contributed by atoms with van der Waals surface area (Å²) in [6.45, 7) is 2.63. The maximum atomic E-state index is 14.2. The number of esters is 1. The number of aryl methyl sites for hydroxylation is 2. The van der Waals surface area contributed by atoms with Gasteiger partial charge in [0.15, 0.2) is 34.6 Å². The molecule has 382 valence electrons. The van der Waals surface area contributed by atoms with Crippen molar-refractivity contribution in [1.82, 2.24) is 19.1 Å². The minimum absolute atomic E-state index is 0.0748. The highest BCUT2D eigenvalue weighted by atomic mass is 19.4. The van der Waals surface area contributed by atoms with Crippen molar-refractivity contribution in [3.63, 3.8) is 0 Å². The highest BCUT2D eigenvalue weighted by molar-refractivity contribution is 5.94. The lowest BCUT2D eigenvalue weighted by atomic mass is 10.1. The lowest BCUT2D eigenvalue weighted by Crippen LogP contribution is -2.14. The molecule has 0 bridgehead atoms. The van der Waals surface area contributed by atoms with Gasteiger partial charge in [0.1, 0.15) is 35.2 Å². The van der Waals surface area contributed by atoms with Crippen LogP contribution in [0.3, 0.4) is 0 Å². The molecule has 0 amide bonds. The predicted molar refractivity (Wildman–Crippen MR) is 254 cm³/mol. The molecule has 0 saturated carbocycles. The monoisotopic (exact) mass is 1020 g/mol. The first-order valence-electron chi connectivity index (χ1n) is 21.9. The Morgan fingerprint density at radius 3 is 1.40 bits per heavy atom. The van der Waals surface area contributed by atoms with Crippen LogP contribution in [0.15, 0.2) is 110 Å². The first-order chi connectivity index (χ1) is 34.7. The van der Waals surface area contributed by atoms with E-state index in [1.54, 1.807) is 65.4 Å². The lowest BCUT2D eigenvalue weighted by molar-refractivity contribution is -0.132. The zero-order chi connectivity index (χ0) is 52.8. The topological polar surface area (TPSA) is 160 Å². The van der Waals surface area contributed by atoms with E-state index in [9.17, 15) is 49.8 Å². The number of carboxylic acid groups (broad SMARTS) is 1. The number of hydrogen-bond acceptors (Lipinski definition) is 11. The molecule has 0 fully saturated rings. The molecule has 0 spiro atoms. The molecule has 2 heterocycles. The molecule has 0 aliphatic heterocycles. The van der Waals surface area contributed by atoms with Crippen LogP contribution in [-0.2, 0) is 4.74 Å². The maximum Gasteiger partial charge on any atom is 0.390 e. The summed E-state index contributed by atoms with van der Waals surface area (Å²) in [5.74, 6) is -2.47. The van der Waals surface area contributed by atoms with E-state index < -0.39 is 55.3 Å². The molecular formula is C51H44F8N6O8. The van der Waals surface area contributed by atoms with Crippen molar-refractivity contribution in [3.8, 4) is 45.9 Å². The van der Waals surface area contributed by atoms with Gasteiger partial charge in [-0.3, -0.25) is 9.13 Å². The van der Waals surface area contributed by atoms with Crippen LogP contribution in [0, 0.1) is 25.5 Å². The molecule has 0 saturated heterocycles. The smallest absolute Gasteiger partial charge is 0.390 e. The van der Waals surface area contributed by atoms with Crippen molar-refractivity contribution in [2.45, 2.75) is 39.0 Å². The van der Waals surface area contributed by atoms with Crippen LogP contribution in [0.1, 0.15) is 44.7 Å². The normalized spacial score (nSPS) is 11.5. The zero-order valence-corrected chi connectivity index (χ0v) is 39.3. The summed E-state index contributed by atoms with van der Waals surface area (Å²) < 4.78 is 135. The van der Waals surface area contributed by atoms with Crippen LogP contribution in [0.5, 0.6) is 34.5 Å². The Morgan fingerprint density at radius 2 is 1.03 bits per heavy atom. The van der Waals surface area contributed by atoms with Crippen LogP contribution in [0.2, 0.25) is 0 Å². The minimum atomic E-state index is -4.35. The molecule has 2 aromatic heterocycles. The number of ether oxygens (including phenoxy) is 5. The lowest BCUT2D eigenvalue weighted by Gasteiger charge is -2.15. The van der Waals surface area contributed by atoms with E-state index in [4.69, 9.17) is 23.7 Å². The summed E-state index contributed by atoms with van der Waals surface area (Å²) in [5.41, 5.74) is 5.27. The third-order valence-corrected chi connectivity index (χ3v) is 11.0. The van der Waals surface area contributed by atoms with Crippen LogP contribution < -0.4 is 29.6 Å². The van der Waals surface area contributed by atoms with Gasteiger partial charge < -0.3 is 39.4 Å². The van der Waals surface area contributed by atoms with Gasteiger partial charge in [-0.15, -0.1) is 0 Å². The molecule has 22 heteroatoms. The Morgan fingerprint density at radius 1 is 0.603 bits per heavy atom. The van der Waals surface area contributed by atoms with Gasteiger partial charge in [-0.05, 0) is 85.6 Å². The number of para-hydroxylation sites is 2. The molecule has 8 aromatic rings. The number of benzene rings is 6. The summed E-state index contributed by atoms with van der Waals surface area (Å²) in [6, 6.07) is 24.3. The summed E-state index contributed by atoms with van der Waals surface area (Å²) in [5, 5.41) is 14.8. The SMILES string of the molecule is COC(=O)c1ccc(-n2cnc3c(NCCC(F)(F)F)cc(Oc4cccc(F)c4OC)cc32)cc1C.COc1c(F)cccc1Oc1cc(NCCC(F)(F)F)c2ncn(-c3ccc(C(=O)O)c(C)c3)c2c1. The van der Waals surface area contributed by atoms with Crippen LogP contribution >= 0.6 is 0 Å². The number of nitrogens with one attached hydrogen (secondary N) is 2. The van der Waals surface area contributed by atoms with Crippen molar-refractivity contribution in [2.24, 2.45) is 0 Å². The number of anilines is 2. The first kappa shape index (κ1) is 52.3. The maximum absolute atomic E-state index is 14.2. The second-order valence-electron chi connectivity index (χ2n) is 16.0. The molecule has 0 aliphatic rings. The quantitative estimate of drug-likeness (QED) is 0.0622. The summed E-state index contributed by atoms with van der Waals surface area (Å²) in [6.07, 6.45) is -7.81. The van der Waals surface area contributed by atoms with Gasteiger partial charge in [-0.1, -0.05) is 12.1 Å². The van der Waals surface area contributed by atoms with Crippen molar-refractivity contribution < 1.29 is 73.5 Å². The van der Waals surface area contributed by atoms with Crippen molar-refractivity contribution >= 4 is 45.4 Å². The molecule has 8 rings (SSSR count). The standard InChI is InChI=1S/C26H23F4N3O4.C25H21F4N3O4/c1-15-11-16(7-8-18(15)25(34)36-3)33-14-32-23-20(31-10-9-26(28,29)30)12-17(13-21(23)33)37-22-6-4-5-19(27)24(22)35-2;1-14-10-15(6-7-17(14)24(33)34)32-13-31-22-19(30-9-8-25(27,28)29)11-16(12-20(22)32)36-21-5-3-4-18(26)23(21)35-2/h4-8,11-14,31H,9-10H2,1-3H3;3-7,10-13,30H,8-9H2,1-2H3,(H,33,34). The fraction of sp³-hybridized carbons (Fsp3) is 0.216. The van der Waals surface area contributed by atoms with Crippen molar-refractivity contribution in [2.75, 3.05) is 45.1 Å². The van der Waals surface area contributed by atoms with Gasteiger partial charge in [-0.2, -0.15) is 26.3 Å². The molecule has 0 unspecified atom stereocenters. The predicted octanol–water partition coefficient (Wildman–Crippen LogP) is 12.8. The van der Waals surface area contributed by atoms with E-state index in [1.165, 1.54) is 88.6 Å². The van der Waals surface area contributed by atoms with Crippen molar-refractivity contribution in [3.05, 3.63) is 144 Å². The van der Waals surface area contributed by atoms with Gasteiger partial charge in [-0.25, -0.2) is 28.3 Å². The number of halogens is 8. The van der Waals surface area contributed by atoms with E-state index >= 15 is 0 Å². The largest absolute Gasteiger partial charge is 0.490 e. The Kier molecular flexibility index (Phi) is 15.6. The summed E-state index contributed by atoms with van der Waals surface area (Å²) in [7, 11) is 3.88. The summed E-state index contributed by atoms with van der Waals surface area (Å²) in [4.78, 5) is 32.1. The number of carbonyl (C=O) groups excluding carboxylic acids is 1. The number of aromatic nitrogens is 4. The van der Waals surface area contributed by atoms with Crippen LogP contribution in [0.25, 0.3) is 33.4 Å². The summed E-state index contributed by atoms with van der Waals surface area (Å²) >= 11 is 0. The average Bonchev–Trinajstić information content (AvgIpc) is 3.96. The molecule has 0 atom stereocenters. The Hall–Kier alpha value is -8.56. The van der Waals surface area contributed by atoms with Crippen LogP contribution in [0.4, 0.5) is 46.5 Å². The number of imidazole rings is 2. The fourth-order valence-corrected chi connectivity index (χ4v) is 7.62. The minimum Gasteiger partial charge on any atom is -0.490 e. The molecule has 73 heavy (non-hydrogen) atoms. The second-order valence-corrected chi connectivity index (χ2v) is 16.0. The third-order valence-electron chi connectivity index (χ3n) is 11.0. The number of hydrogen-bond donors (Lipinski definition) is 3. The number of nitrogens with zero attached hydrogens (tertiary/aromatic N) is 4. The number of rotatable bonds is 16. The average molecular weight is 1020 g/mol. The number of fused-ring (bicyclic) bond motifs is 2. The first-order valence-corrected chi connectivity index (χ1v) is 21.9. The zero-order valence-electron chi connectivity index (χ0n) is 39.3. The molecule has 0 aliphatic carbocycles. The van der Waals surface area contributed by atoms with Gasteiger partial charge in [0, 0.05) is 48.7 Å². The highest BCUT2D eigenvalue weighted by Gasteiger charge is 2.28. The van der Waals surface area contributed by atoms with E-state index in [0.29, 0.717) is 55.8 Å². The van der Waals surface area contributed by atoms with Crippen molar-refractivity contribution in [1.29, 1.82) is 0 Å². The van der Waals surface area contributed by atoms with Gasteiger partial charge >= 0.3 is 24.3 Å².